The van der Waals surface area contributed by atoms with E-state index < -0.39 is 0 Å². The normalized spacial score (nSPS) is 44.5. The second kappa shape index (κ2) is 3.40. The molecule has 2 bridgehead atoms. The second-order valence-electron chi connectivity index (χ2n) is 4.07. The SMILES string of the molecule is C=C(C)C1CCC(C)C2OOC1O2. The van der Waals surface area contributed by atoms with Crippen LogP contribution in [0.4, 0.5) is 0 Å². The zero-order chi connectivity index (χ0) is 9.42. The lowest BCUT2D eigenvalue weighted by Gasteiger charge is -2.19. The van der Waals surface area contributed by atoms with E-state index in [1.165, 1.54) is 0 Å². The first-order chi connectivity index (χ1) is 6.18. The summed E-state index contributed by atoms with van der Waals surface area (Å²) in [6.45, 7) is 8.08. The van der Waals surface area contributed by atoms with Gasteiger partial charge in [-0.3, -0.25) is 0 Å². The molecule has 2 heterocycles. The van der Waals surface area contributed by atoms with Crippen molar-refractivity contribution in [1.29, 1.82) is 0 Å². The maximum absolute atomic E-state index is 5.60. The fourth-order valence-electron chi connectivity index (χ4n) is 1.87. The van der Waals surface area contributed by atoms with Gasteiger partial charge in [-0.05, 0) is 19.8 Å². The fraction of sp³-hybridized carbons (Fsp3) is 0.800. The maximum atomic E-state index is 5.60. The average molecular weight is 184 g/mol. The molecule has 2 fully saturated rings. The van der Waals surface area contributed by atoms with E-state index >= 15 is 0 Å². The summed E-state index contributed by atoms with van der Waals surface area (Å²) < 4.78 is 5.60. The molecule has 0 saturated carbocycles. The van der Waals surface area contributed by atoms with Crippen molar-refractivity contribution in [3.63, 3.8) is 0 Å². The molecule has 74 valence electrons. The van der Waals surface area contributed by atoms with Crippen molar-refractivity contribution in [3.05, 3.63) is 12.2 Å². The molecule has 2 rings (SSSR count). The van der Waals surface area contributed by atoms with Gasteiger partial charge in [-0.2, -0.15) is 0 Å². The summed E-state index contributed by atoms with van der Waals surface area (Å²) in [4.78, 5) is 10.2. The van der Waals surface area contributed by atoms with Gasteiger partial charge in [-0.25, -0.2) is 9.78 Å². The van der Waals surface area contributed by atoms with E-state index in [0.29, 0.717) is 5.92 Å². The molecule has 0 aromatic carbocycles. The summed E-state index contributed by atoms with van der Waals surface area (Å²) in [5.74, 6) is 0.698. The first-order valence-corrected chi connectivity index (χ1v) is 4.81. The second-order valence-corrected chi connectivity index (χ2v) is 4.07. The van der Waals surface area contributed by atoms with Gasteiger partial charge in [0.1, 0.15) is 0 Å². The van der Waals surface area contributed by atoms with Crippen LogP contribution >= 0.6 is 0 Å². The quantitative estimate of drug-likeness (QED) is 0.462. The Hall–Kier alpha value is -0.380. The van der Waals surface area contributed by atoms with E-state index in [2.05, 4.69) is 13.5 Å². The highest BCUT2D eigenvalue weighted by atomic mass is 17.3. The smallest absolute Gasteiger partial charge is 0.200 e. The fourth-order valence-corrected chi connectivity index (χ4v) is 1.87. The van der Waals surface area contributed by atoms with Gasteiger partial charge in [0.2, 0.25) is 6.29 Å². The molecule has 4 atom stereocenters. The van der Waals surface area contributed by atoms with Crippen LogP contribution in [0.2, 0.25) is 0 Å². The van der Waals surface area contributed by atoms with Crippen LogP contribution < -0.4 is 0 Å². The molecule has 0 aromatic rings. The highest BCUT2D eigenvalue weighted by Gasteiger charge is 2.40. The van der Waals surface area contributed by atoms with Gasteiger partial charge < -0.3 is 4.74 Å². The van der Waals surface area contributed by atoms with Crippen LogP contribution in [-0.4, -0.2) is 12.6 Å². The molecular weight excluding hydrogens is 168 g/mol. The highest BCUT2D eigenvalue weighted by molar-refractivity contribution is 4.99. The molecule has 0 N–H and O–H groups in total. The largest absolute Gasteiger partial charge is 0.317 e. The predicted octanol–water partition coefficient (Wildman–Crippen LogP) is 2.24. The monoisotopic (exact) mass is 184 g/mol. The molecule has 0 amide bonds. The molecule has 2 aliphatic rings. The van der Waals surface area contributed by atoms with Crippen molar-refractivity contribution >= 4 is 0 Å². The zero-order valence-corrected chi connectivity index (χ0v) is 8.16. The first-order valence-electron chi connectivity index (χ1n) is 4.81. The number of hydrogen-bond acceptors (Lipinski definition) is 3. The molecule has 0 aromatic heterocycles. The lowest BCUT2D eigenvalue weighted by Crippen LogP contribution is -2.21. The molecule has 3 heteroatoms. The van der Waals surface area contributed by atoms with Crippen LogP contribution in [0.5, 0.6) is 0 Å². The zero-order valence-electron chi connectivity index (χ0n) is 8.16. The summed E-state index contributed by atoms with van der Waals surface area (Å²) in [5.41, 5.74) is 1.11. The summed E-state index contributed by atoms with van der Waals surface area (Å²) in [6.07, 6.45) is 1.80. The Morgan fingerprint density at radius 2 is 1.92 bits per heavy atom. The van der Waals surface area contributed by atoms with Crippen LogP contribution in [0.15, 0.2) is 12.2 Å². The summed E-state index contributed by atoms with van der Waals surface area (Å²) >= 11 is 0. The van der Waals surface area contributed by atoms with Crippen molar-refractivity contribution in [1.82, 2.24) is 0 Å². The molecule has 3 nitrogen and oxygen atoms in total. The minimum atomic E-state index is -0.229. The Labute approximate surface area is 78.6 Å². The minimum Gasteiger partial charge on any atom is -0.317 e. The third-order valence-corrected chi connectivity index (χ3v) is 2.87. The van der Waals surface area contributed by atoms with Gasteiger partial charge in [0.05, 0.1) is 0 Å². The van der Waals surface area contributed by atoms with E-state index in [1.807, 2.05) is 6.92 Å². The Balaban J connectivity index is 2.11. The Kier molecular flexibility index (Phi) is 2.41. The average Bonchev–Trinajstić information content (AvgIpc) is 2.45. The lowest BCUT2D eigenvalue weighted by molar-refractivity contribution is -0.313. The molecule has 2 aliphatic heterocycles. The molecule has 0 aliphatic carbocycles. The van der Waals surface area contributed by atoms with Crippen LogP contribution in [-0.2, 0) is 14.5 Å². The van der Waals surface area contributed by atoms with Crippen molar-refractivity contribution in [2.24, 2.45) is 11.8 Å². The molecule has 0 spiro atoms. The minimum absolute atomic E-state index is 0.172. The Bertz CT molecular complexity index is 214. The first kappa shape index (κ1) is 9.19. The Morgan fingerprint density at radius 3 is 2.62 bits per heavy atom. The van der Waals surface area contributed by atoms with Gasteiger partial charge in [-0.1, -0.05) is 19.1 Å². The van der Waals surface area contributed by atoms with Crippen LogP contribution in [0.3, 0.4) is 0 Å². The summed E-state index contributed by atoms with van der Waals surface area (Å²) in [7, 11) is 0. The topological polar surface area (TPSA) is 27.7 Å². The van der Waals surface area contributed by atoms with Gasteiger partial charge >= 0.3 is 0 Å². The van der Waals surface area contributed by atoms with Crippen molar-refractivity contribution in [3.8, 4) is 0 Å². The third kappa shape index (κ3) is 1.64. The van der Waals surface area contributed by atoms with Gasteiger partial charge in [0.25, 0.3) is 0 Å². The maximum Gasteiger partial charge on any atom is 0.200 e. The van der Waals surface area contributed by atoms with E-state index in [9.17, 15) is 0 Å². The number of hydrogen-bond donors (Lipinski definition) is 0. The molecule has 4 unspecified atom stereocenters. The number of ether oxygens (including phenoxy) is 1. The van der Waals surface area contributed by atoms with Gasteiger partial charge in [0, 0.05) is 11.8 Å². The van der Waals surface area contributed by atoms with Gasteiger partial charge in [-0.15, -0.1) is 0 Å². The summed E-state index contributed by atoms with van der Waals surface area (Å²) in [6, 6.07) is 0. The van der Waals surface area contributed by atoms with Crippen molar-refractivity contribution in [2.45, 2.75) is 39.3 Å². The van der Waals surface area contributed by atoms with E-state index in [4.69, 9.17) is 14.5 Å². The lowest BCUT2D eigenvalue weighted by atomic mass is 9.93. The number of fused-ring (bicyclic) bond motifs is 2. The molecular formula is C10H16O3. The third-order valence-electron chi connectivity index (χ3n) is 2.87. The number of rotatable bonds is 1. The van der Waals surface area contributed by atoms with E-state index in [1.54, 1.807) is 0 Å². The highest BCUT2D eigenvalue weighted by Crippen LogP contribution is 2.36. The van der Waals surface area contributed by atoms with Crippen molar-refractivity contribution in [2.75, 3.05) is 0 Å². The standard InChI is InChI=1S/C10H16O3/c1-6(2)8-5-4-7(3)9-11-10(8)13-12-9/h7-10H,1,4-5H2,2-3H3. The molecule has 2 saturated heterocycles. The van der Waals surface area contributed by atoms with Crippen molar-refractivity contribution < 1.29 is 14.5 Å². The van der Waals surface area contributed by atoms with Crippen LogP contribution in [0, 0.1) is 11.8 Å². The van der Waals surface area contributed by atoms with E-state index in [-0.39, 0.29) is 18.5 Å². The Morgan fingerprint density at radius 1 is 1.23 bits per heavy atom. The molecule has 0 radical (unpaired) electrons. The van der Waals surface area contributed by atoms with Gasteiger partial charge in [0.15, 0.2) is 6.29 Å². The molecule has 13 heavy (non-hydrogen) atoms. The van der Waals surface area contributed by atoms with Crippen LogP contribution in [0.1, 0.15) is 26.7 Å². The van der Waals surface area contributed by atoms with Crippen LogP contribution in [0.25, 0.3) is 0 Å². The summed E-state index contributed by atoms with van der Waals surface area (Å²) in [5, 5.41) is 0. The predicted molar refractivity (Wildman–Crippen MR) is 47.5 cm³/mol. The van der Waals surface area contributed by atoms with E-state index in [0.717, 1.165) is 18.4 Å².